The Hall–Kier alpha value is -3.43. The van der Waals surface area contributed by atoms with Gasteiger partial charge in [0, 0.05) is 51.0 Å². The monoisotopic (exact) mass is 503 g/mol. The van der Waals surface area contributed by atoms with Crippen molar-refractivity contribution in [2.45, 2.75) is 13.0 Å². The zero-order valence-corrected chi connectivity index (χ0v) is 21.5. The molecule has 0 saturated carbocycles. The molecule has 3 aromatic rings. The van der Waals surface area contributed by atoms with Crippen LogP contribution < -0.4 is 25.3 Å². The van der Waals surface area contributed by atoms with Crippen molar-refractivity contribution in [3.8, 4) is 0 Å². The van der Waals surface area contributed by atoms with Crippen molar-refractivity contribution in [3.05, 3.63) is 72.3 Å². The molecule has 2 saturated heterocycles. The molecular formula is C27H33N7OS. The van der Waals surface area contributed by atoms with Gasteiger partial charge in [0.2, 0.25) is 5.95 Å². The summed E-state index contributed by atoms with van der Waals surface area (Å²) in [4.78, 5) is 16.7. The van der Waals surface area contributed by atoms with Crippen molar-refractivity contribution in [2.24, 2.45) is 0 Å². The maximum Gasteiger partial charge on any atom is 0.232 e. The molecule has 0 amide bonds. The second kappa shape index (κ2) is 11.5. The molecule has 0 aliphatic carbocycles. The molecule has 9 heteroatoms. The minimum Gasteiger partial charge on any atom is -0.378 e. The number of anilines is 4. The number of morpholine rings is 1. The highest BCUT2D eigenvalue weighted by Crippen LogP contribution is 2.25. The van der Waals surface area contributed by atoms with Gasteiger partial charge in [0.25, 0.3) is 0 Å². The van der Waals surface area contributed by atoms with Gasteiger partial charge in [-0.05, 0) is 36.8 Å². The van der Waals surface area contributed by atoms with Gasteiger partial charge in [-0.2, -0.15) is 9.97 Å². The molecule has 0 bridgehead atoms. The predicted octanol–water partition coefficient (Wildman–Crippen LogP) is 3.69. The fourth-order valence-electron chi connectivity index (χ4n) is 4.59. The summed E-state index contributed by atoms with van der Waals surface area (Å²) in [5.74, 6) is 2.33. The third-order valence-electron chi connectivity index (χ3n) is 6.63. The van der Waals surface area contributed by atoms with Crippen LogP contribution in [0.2, 0.25) is 0 Å². The summed E-state index contributed by atoms with van der Waals surface area (Å²) >= 11 is 5.63. The SMILES string of the molecule is C[C@H](NC(=S)Nc1nc(N2CCOCC2)cc(N2CCN(c3ccccc3)CC2)n1)c1ccccc1. The standard InChI is InChI=1S/C27H33N7OS/c1-21(22-8-4-2-5-9-22)28-27(36)31-26-29-24(20-25(30-26)34-16-18-35-19-17-34)33-14-12-32(13-15-33)23-10-6-3-7-11-23/h2-11,20-21H,12-19H2,1H3,(H2,28,29,30,31,36)/t21-/m0/s1. The van der Waals surface area contributed by atoms with Crippen molar-refractivity contribution < 1.29 is 4.74 Å². The van der Waals surface area contributed by atoms with E-state index in [4.69, 9.17) is 26.9 Å². The topological polar surface area (TPSA) is 68.8 Å². The quantitative estimate of drug-likeness (QED) is 0.490. The molecule has 8 nitrogen and oxygen atoms in total. The number of hydrogen-bond donors (Lipinski definition) is 2. The van der Waals surface area contributed by atoms with Gasteiger partial charge in [0.1, 0.15) is 11.6 Å². The van der Waals surface area contributed by atoms with Crippen LogP contribution in [0, 0.1) is 0 Å². The first-order valence-corrected chi connectivity index (χ1v) is 13.0. The van der Waals surface area contributed by atoms with Crippen LogP contribution in [0.4, 0.5) is 23.3 Å². The molecule has 36 heavy (non-hydrogen) atoms. The molecule has 1 atom stereocenters. The van der Waals surface area contributed by atoms with E-state index in [0.717, 1.165) is 50.9 Å². The maximum absolute atomic E-state index is 5.63. The third-order valence-corrected chi connectivity index (χ3v) is 6.85. The first-order chi connectivity index (χ1) is 17.7. The molecule has 2 aliphatic heterocycles. The second-order valence-electron chi connectivity index (χ2n) is 9.05. The molecular weight excluding hydrogens is 470 g/mol. The van der Waals surface area contributed by atoms with Crippen LogP contribution in [0.15, 0.2) is 66.7 Å². The van der Waals surface area contributed by atoms with Gasteiger partial charge in [-0.25, -0.2) is 0 Å². The van der Waals surface area contributed by atoms with E-state index in [1.54, 1.807) is 0 Å². The molecule has 5 rings (SSSR count). The number of piperazine rings is 1. The molecule has 0 unspecified atom stereocenters. The van der Waals surface area contributed by atoms with E-state index in [2.05, 4.69) is 80.8 Å². The highest BCUT2D eigenvalue weighted by Gasteiger charge is 2.22. The maximum atomic E-state index is 5.63. The van der Waals surface area contributed by atoms with E-state index in [-0.39, 0.29) is 6.04 Å². The minimum absolute atomic E-state index is 0.0687. The molecule has 2 N–H and O–H groups in total. The fraction of sp³-hybridized carbons (Fsp3) is 0.370. The predicted molar refractivity (Wildman–Crippen MR) is 150 cm³/mol. The van der Waals surface area contributed by atoms with E-state index < -0.39 is 0 Å². The zero-order chi connectivity index (χ0) is 24.7. The number of thiocarbonyl (C=S) groups is 1. The Morgan fingerprint density at radius 2 is 1.36 bits per heavy atom. The summed E-state index contributed by atoms with van der Waals surface area (Å²) < 4.78 is 5.55. The van der Waals surface area contributed by atoms with Crippen LogP contribution in [-0.2, 0) is 4.74 Å². The van der Waals surface area contributed by atoms with Crippen molar-refractivity contribution in [1.29, 1.82) is 0 Å². The summed E-state index contributed by atoms with van der Waals surface area (Å²) in [7, 11) is 0. The van der Waals surface area contributed by atoms with Crippen molar-refractivity contribution in [3.63, 3.8) is 0 Å². The van der Waals surface area contributed by atoms with Crippen molar-refractivity contribution in [2.75, 3.05) is 72.5 Å². The molecule has 0 spiro atoms. The molecule has 1 aromatic heterocycles. The smallest absolute Gasteiger partial charge is 0.232 e. The lowest BCUT2D eigenvalue weighted by Gasteiger charge is -2.37. The largest absolute Gasteiger partial charge is 0.378 e. The van der Waals surface area contributed by atoms with Crippen LogP contribution in [0.1, 0.15) is 18.5 Å². The lowest BCUT2D eigenvalue weighted by Crippen LogP contribution is -2.47. The Labute approximate surface area is 218 Å². The molecule has 3 heterocycles. The lowest BCUT2D eigenvalue weighted by atomic mass is 10.1. The van der Waals surface area contributed by atoms with Crippen LogP contribution in [0.3, 0.4) is 0 Å². The Bertz CT molecular complexity index is 1130. The average molecular weight is 504 g/mol. The number of hydrogen-bond acceptors (Lipinski definition) is 7. The van der Waals surface area contributed by atoms with E-state index in [0.29, 0.717) is 24.3 Å². The number of ether oxygens (including phenoxy) is 1. The van der Waals surface area contributed by atoms with Gasteiger partial charge in [-0.1, -0.05) is 48.5 Å². The van der Waals surface area contributed by atoms with Crippen LogP contribution in [0.25, 0.3) is 0 Å². The highest BCUT2D eigenvalue weighted by atomic mass is 32.1. The number of nitrogens with one attached hydrogen (secondary N) is 2. The van der Waals surface area contributed by atoms with Gasteiger partial charge in [-0.15, -0.1) is 0 Å². The summed E-state index contributed by atoms with van der Waals surface area (Å²) in [6, 6.07) is 23.0. The average Bonchev–Trinajstić information content (AvgIpc) is 2.94. The van der Waals surface area contributed by atoms with E-state index in [9.17, 15) is 0 Å². The molecule has 0 radical (unpaired) electrons. The lowest BCUT2D eigenvalue weighted by molar-refractivity contribution is 0.122. The van der Waals surface area contributed by atoms with E-state index in [1.165, 1.54) is 11.3 Å². The molecule has 2 fully saturated rings. The van der Waals surface area contributed by atoms with Gasteiger partial charge in [-0.3, -0.25) is 0 Å². The Balaban J connectivity index is 1.31. The zero-order valence-electron chi connectivity index (χ0n) is 20.6. The number of rotatable bonds is 6. The Morgan fingerprint density at radius 3 is 2.00 bits per heavy atom. The van der Waals surface area contributed by atoms with Gasteiger partial charge >= 0.3 is 0 Å². The Kier molecular flexibility index (Phi) is 7.78. The number of benzene rings is 2. The number of para-hydroxylation sites is 1. The number of nitrogens with zero attached hydrogens (tertiary/aromatic N) is 5. The van der Waals surface area contributed by atoms with Crippen LogP contribution in [-0.4, -0.2) is 67.6 Å². The first-order valence-electron chi connectivity index (χ1n) is 12.5. The fourth-order valence-corrected chi connectivity index (χ4v) is 4.85. The van der Waals surface area contributed by atoms with Crippen LogP contribution in [0.5, 0.6) is 0 Å². The normalized spacial score (nSPS) is 17.0. The molecule has 188 valence electrons. The van der Waals surface area contributed by atoms with Crippen LogP contribution >= 0.6 is 12.2 Å². The molecule has 2 aliphatic rings. The summed E-state index contributed by atoms with van der Waals surface area (Å²) in [6.07, 6.45) is 0. The van der Waals surface area contributed by atoms with Crippen molar-refractivity contribution in [1.82, 2.24) is 15.3 Å². The van der Waals surface area contributed by atoms with Gasteiger partial charge in [0.05, 0.1) is 19.3 Å². The Morgan fingerprint density at radius 1 is 0.806 bits per heavy atom. The second-order valence-corrected chi connectivity index (χ2v) is 9.46. The summed E-state index contributed by atoms with van der Waals surface area (Å²) in [5.41, 5.74) is 2.43. The van der Waals surface area contributed by atoms with Gasteiger partial charge in [0.15, 0.2) is 5.11 Å². The third kappa shape index (κ3) is 6.03. The summed E-state index contributed by atoms with van der Waals surface area (Å²) in [5, 5.41) is 7.10. The summed E-state index contributed by atoms with van der Waals surface area (Å²) in [6.45, 7) is 8.78. The minimum atomic E-state index is 0.0687. The number of aromatic nitrogens is 2. The van der Waals surface area contributed by atoms with E-state index in [1.807, 2.05) is 18.2 Å². The van der Waals surface area contributed by atoms with Gasteiger partial charge < -0.3 is 30.1 Å². The first kappa shape index (κ1) is 24.3. The van der Waals surface area contributed by atoms with Crippen molar-refractivity contribution >= 4 is 40.6 Å². The van der Waals surface area contributed by atoms with E-state index >= 15 is 0 Å². The highest BCUT2D eigenvalue weighted by molar-refractivity contribution is 7.80. The molecule has 2 aromatic carbocycles.